The molecule has 3 heteroatoms. The highest BCUT2D eigenvalue weighted by atomic mass is 19.1. The summed E-state index contributed by atoms with van der Waals surface area (Å²) in [5.74, 6) is -0.262. The van der Waals surface area contributed by atoms with Crippen molar-refractivity contribution in [2.75, 3.05) is 19.0 Å². The first kappa shape index (κ1) is 10.6. The maximum absolute atomic E-state index is 13.0. The van der Waals surface area contributed by atoms with Crippen LogP contribution in [-0.2, 0) is 0 Å². The highest BCUT2D eigenvalue weighted by Gasteiger charge is 2.01. The van der Waals surface area contributed by atoms with Gasteiger partial charge in [0.25, 0.3) is 0 Å². The highest BCUT2D eigenvalue weighted by molar-refractivity contribution is 5.62. The van der Waals surface area contributed by atoms with Crippen molar-refractivity contribution in [1.82, 2.24) is 4.98 Å². The van der Waals surface area contributed by atoms with E-state index in [1.54, 1.807) is 0 Å². The average Bonchev–Trinajstić information content (AvgIpc) is 2.29. The van der Waals surface area contributed by atoms with Gasteiger partial charge in [0.2, 0.25) is 0 Å². The van der Waals surface area contributed by atoms with Gasteiger partial charge >= 0.3 is 0 Å². The number of halogens is 1. The van der Waals surface area contributed by atoms with Crippen molar-refractivity contribution in [3.8, 4) is 11.3 Å². The predicted molar refractivity (Wildman–Crippen MR) is 64.0 cm³/mol. The highest BCUT2D eigenvalue weighted by Crippen LogP contribution is 2.20. The van der Waals surface area contributed by atoms with Gasteiger partial charge < -0.3 is 4.90 Å². The van der Waals surface area contributed by atoms with E-state index in [9.17, 15) is 4.39 Å². The van der Waals surface area contributed by atoms with Crippen LogP contribution in [0.4, 0.5) is 10.1 Å². The molecule has 0 radical (unpaired) electrons. The van der Waals surface area contributed by atoms with Gasteiger partial charge in [-0.05, 0) is 18.2 Å². The SMILES string of the molecule is CN(C)c1ccc(-c2cc(F)ccn2)cc1. The standard InChI is InChI=1S/C13H13FN2/c1-16(2)12-5-3-10(4-6-12)13-9-11(14)7-8-15-13/h3-9H,1-2H3. The van der Waals surface area contributed by atoms with Gasteiger partial charge in [0.1, 0.15) is 5.82 Å². The van der Waals surface area contributed by atoms with Crippen molar-refractivity contribution in [3.63, 3.8) is 0 Å². The molecular weight excluding hydrogens is 203 g/mol. The Labute approximate surface area is 94.4 Å². The molecule has 0 aliphatic heterocycles. The summed E-state index contributed by atoms with van der Waals surface area (Å²) in [6.45, 7) is 0. The van der Waals surface area contributed by atoms with Gasteiger partial charge in [-0.25, -0.2) is 4.39 Å². The summed E-state index contributed by atoms with van der Waals surface area (Å²) >= 11 is 0. The van der Waals surface area contributed by atoms with E-state index in [4.69, 9.17) is 0 Å². The second-order valence-electron chi connectivity index (χ2n) is 3.80. The number of aromatic nitrogens is 1. The number of hydrogen-bond donors (Lipinski definition) is 0. The number of pyridine rings is 1. The van der Waals surface area contributed by atoms with Crippen molar-refractivity contribution in [3.05, 3.63) is 48.4 Å². The van der Waals surface area contributed by atoms with Crippen molar-refractivity contribution in [2.24, 2.45) is 0 Å². The van der Waals surface area contributed by atoms with Crippen molar-refractivity contribution >= 4 is 5.69 Å². The maximum Gasteiger partial charge on any atom is 0.126 e. The molecule has 1 aromatic heterocycles. The van der Waals surface area contributed by atoms with E-state index in [0.29, 0.717) is 5.69 Å². The summed E-state index contributed by atoms with van der Waals surface area (Å²) in [4.78, 5) is 6.15. The zero-order chi connectivity index (χ0) is 11.5. The fourth-order valence-corrected chi connectivity index (χ4v) is 1.49. The van der Waals surface area contributed by atoms with Crippen LogP contribution < -0.4 is 4.90 Å². The molecule has 1 aromatic carbocycles. The van der Waals surface area contributed by atoms with E-state index in [-0.39, 0.29) is 5.82 Å². The molecule has 1 heterocycles. The lowest BCUT2D eigenvalue weighted by Crippen LogP contribution is -2.07. The van der Waals surface area contributed by atoms with Crippen molar-refractivity contribution in [2.45, 2.75) is 0 Å². The molecule has 0 atom stereocenters. The zero-order valence-electron chi connectivity index (χ0n) is 9.31. The minimum atomic E-state index is -0.262. The molecule has 0 bridgehead atoms. The van der Waals surface area contributed by atoms with Crippen LogP contribution in [0, 0.1) is 5.82 Å². The van der Waals surface area contributed by atoms with Crippen LogP contribution in [-0.4, -0.2) is 19.1 Å². The summed E-state index contributed by atoms with van der Waals surface area (Å²) in [5, 5.41) is 0. The fourth-order valence-electron chi connectivity index (χ4n) is 1.49. The van der Waals surface area contributed by atoms with Gasteiger partial charge in [-0.1, -0.05) is 12.1 Å². The van der Waals surface area contributed by atoms with E-state index >= 15 is 0 Å². The molecule has 0 saturated heterocycles. The lowest BCUT2D eigenvalue weighted by molar-refractivity contribution is 0.626. The largest absolute Gasteiger partial charge is 0.378 e. The molecule has 0 saturated carbocycles. The Bertz CT molecular complexity index is 478. The van der Waals surface area contributed by atoms with E-state index in [0.717, 1.165) is 11.3 Å². The zero-order valence-corrected chi connectivity index (χ0v) is 9.31. The Morgan fingerprint density at radius 1 is 1.06 bits per heavy atom. The molecule has 0 unspecified atom stereocenters. The molecule has 2 nitrogen and oxygen atoms in total. The molecule has 2 aromatic rings. The molecule has 82 valence electrons. The lowest BCUT2D eigenvalue weighted by atomic mass is 10.1. The lowest BCUT2D eigenvalue weighted by Gasteiger charge is -2.12. The first-order chi connectivity index (χ1) is 7.66. The molecular formula is C13H13FN2. The predicted octanol–water partition coefficient (Wildman–Crippen LogP) is 2.95. The van der Waals surface area contributed by atoms with Crippen LogP contribution in [0.3, 0.4) is 0 Å². The Morgan fingerprint density at radius 2 is 1.75 bits per heavy atom. The summed E-state index contributed by atoms with van der Waals surface area (Å²) in [6, 6.07) is 10.6. The molecule has 0 N–H and O–H groups in total. The third-order valence-corrected chi connectivity index (χ3v) is 2.40. The van der Waals surface area contributed by atoms with Gasteiger partial charge in [0.15, 0.2) is 0 Å². The molecule has 0 aliphatic rings. The molecule has 0 fully saturated rings. The number of benzene rings is 1. The molecule has 2 rings (SSSR count). The topological polar surface area (TPSA) is 16.1 Å². The van der Waals surface area contributed by atoms with Gasteiger partial charge in [0.05, 0.1) is 5.69 Å². The molecule has 0 aliphatic carbocycles. The minimum absolute atomic E-state index is 0.262. The van der Waals surface area contributed by atoms with Crippen LogP contribution in [0.15, 0.2) is 42.6 Å². The van der Waals surface area contributed by atoms with Gasteiger partial charge in [0, 0.05) is 37.6 Å². The first-order valence-corrected chi connectivity index (χ1v) is 5.06. The number of anilines is 1. The molecule has 0 spiro atoms. The van der Waals surface area contributed by atoms with Crippen LogP contribution in [0.25, 0.3) is 11.3 Å². The molecule has 16 heavy (non-hydrogen) atoms. The quantitative estimate of drug-likeness (QED) is 0.767. The van der Waals surface area contributed by atoms with Gasteiger partial charge in [-0.2, -0.15) is 0 Å². The third kappa shape index (κ3) is 2.19. The Kier molecular flexibility index (Phi) is 2.86. The van der Waals surface area contributed by atoms with E-state index in [1.807, 2.05) is 43.3 Å². The van der Waals surface area contributed by atoms with Crippen LogP contribution in [0.1, 0.15) is 0 Å². The Morgan fingerprint density at radius 3 is 2.31 bits per heavy atom. The second-order valence-corrected chi connectivity index (χ2v) is 3.80. The van der Waals surface area contributed by atoms with Gasteiger partial charge in [-0.3, -0.25) is 4.98 Å². The van der Waals surface area contributed by atoms with Crippen molar-refractivity contribution in [1.29, 1.82) is 0 Å². The number of hydrogen-bond acceptors (Lipinski definition) is 2. The fraction of sp³-hybridized carbons (Fsp3) is 0.154. The normalized spacial score (nSPS) is 10.2. The summed E-state index contributed by atoms with van der Waals surface area (Å²) in [7, 11) is 3.96. The van der Waals surface area contributed by atoms with Crippen LogP contribution >= 0.6 is 0 Å². The van der Waals surface area contributed by atoms with E-state index in [2.05, 4.69) is 4.98 Å². The van der Waals surface area contributed by atoms with Crippen LogP contribution in [0.2, 0.25) is 0 Å². The second kappa shape index (κ2) is 4.31. The average molecular weight is 216 g/mol. The Hall–Kier alpha value is -1.90. The Balaban J connectivity index is 2.35. The summed E-state index contributed by atoms with van der Waals surface area (Å²) < 4.78 is 13.0. The van der Waals surface area contributed by atoms with Crippen LogP contribution in [0.5, 0.6) is 0 Å². The number of nitrogens with zero attached hydrogens (tertiary/aromatic N) is 2. The summed E-state index contributed by atoms with van der Waals surface area (Å²) in [6.07, 6.45) is 1.48. The minimum Gasteiger partial charge on any atom is -0.378 e. The smallest absolute Gasteiger partial charge is 0.126 e. The maximum atomic E-state index is 13.0. The third-order valence-electron chi connectivity index (χ3n) is 2.40. The first-order valence-electron chi connectivity index (χ1n) is 5.06. The molecule has 0 amide bonds. The monoisotopic (exact) mass is 216 g/mol. The van der Waals surface area contributed by atoms with Crippen molar-refractivity contribution < 1.29 is 4.39 Å². The van der Waals surface area contributed by atoms with Gasteiger partial charge in [-0.15, -0.1) is 0 Å². The van der Waals surface area contributed by atoms with E-state index in [1.165, 1.54) is 18.3 Å². The number of rotatable bonds is 2. The summed E-state index contributed by atoms with van der Waals surface area (Å²) in [5.41, 5.74) is 2.69. The van der Waals surface area contributed by atoms with E-state index < -0.39 is 0 Å².